The number of oxime groups is 1. The fourth-order valence-corrected chi connectivity index (χ4v) is 19.5. The molecule has 0 aliphatic heterocycles. The molecule has 0 aliphatic carbocycles. The summed E-state index contributed by atoms with van der Waals surface area (Å²) < 4.78 is 5.11. The van der Waals surface area contributed by atoms with E-state index in [0.717, 1.165) is 18.7 Å². The first kappa shape index (κ1) is 24.4. The van der Waals surface area contributed by atoms with Crippen LogP contribution in [0.1, 0.15) is 19.4 Å². The van der Waals surface area contributed by atoms with Gasteiger partial charge in [0.05, 0.1) is 0 Å². The number of rotatable bonds is 7. The molecule has 0 unspecified atom stereocenters. The molecule has 0 bridgehead atoms. The van der Waals surface area contributed by atoms with Crippen molar-refractivity contribution in [1.29, 1.82) is 0 Å². The monoisotopic (exact) mass is 576 g/mol. The van der Waals surface area contributed by atoms with E-state index in [1.807, 2.05) is 12.1 Å². The van der Waals surface area contributed by atoms with Crippen molar-refractivity contribution >= 4 is 50.1 Å². The van der Waals surface area contributed by atoms with Crippen LogP contribution in [0.5, 0.6) is 0 Å². The molecule has 3 nitrogen and oxygen atoms in total. The first-order valence-corrected chi connectivity index (χ1v) is 17.7. The quantitative estimate of drug-likeness (QED) is 0.118. The van der Waals surface area contributed by atoms with E-state index in [9.17, 15) is 5.21 Å². The van der Waals surface area contributed by atoms with Gasteiger partial charge in [-0.25, -0.2) is 0 Å². The van der Waals surface area contributed by atoms with Gasteiger partial charge in [0.25, 0.3) is 0 Å². The topological polar surface area (TPSA) is 35.8 Å². The van der Waals surface area contributed by atoms with Crippen LogP contribution in [0.25, 0.3) is 0 Å². The van der Waals surface area contributed by atoms with Crippen molar-refractivity contribution in [3.8, 4) is 0 Å². The van der Waals surface area contributed by atoms with E-state index in [-0.39, 0.29) is 0 Å². The van der Waals surface area contributed by atoms with Crippen molar-refractivity contribution in [2.45, 2.75) is 13.8 Å². The van der Waals surface area contributed by atoms with Crippen molar-refractivity contribution in [2.24, 2.45) is 5.16 Å². The summed E-state index contributed by atoms with van der Waals surface area (Å²) in [6.45, 7) is 5.63. The summed E-state index contributed by atoms with van der Waals surface area (Å²) in [6, 6.07) is 38.3. The standard InChI is InChI=1S/C11H14ClN2O.3C6H5.Sn/c1-3-14(4-2)11(13-15)9-5-7-10(12)8-6-9;3*1-2-4-6-5-3-1;/h5,7-8,15H,3-4H2,1-2H3;3*1-5H;. The van der Waals surface area contributed by atoms with Crippen LogP contribution in [0.15, 0.2) is 114 Å². The van der Waals surface area contributed by atoms with Gasteiger partial charge in [0.15, 0.2) is 0 Å². The first-order valence-electron chi connectivity index (χ1n) is 11.6. The van der Waals surface area contributed by atoms with Gasteiger partial charge in [0.2, 0.25) is 0 Å². The van der Waals surface area contributed by atoms with Gasteiger partial charge in [0, 0.05) is 0 Å². The molecule has 4 aromatic carbocycles. The normalized spacial score (nSPS) is 11.9. The Bertz CT molecular complexity index is 1150. The molecule has 0 atom stereocenters. The predicted molar refractivity (Wildman–Crippen MR) is 146 cm³/mol. The fraction of sp³-hybridized carbons (Fsp3) is 0.138. The second kappa shape index (κ2) is 11.1. The number of nitrogens with zero attached hydrogens (tertiary/aromatic N) is 2. The van der Waals surface area contributed by atoms with Crippen LogP contribution in [0.3, 0.4) is 0 Å². The zero-order chi connectivity index (χ0) is 24.0. The summed E-state index contributed by atoms with van der Waals surface area (Å²) in [6.07, 6.45) is 0. The third-order valence-electron chi connectivity index (χ3n) is 6.40. The number of halogens is 1. The molecule has 0 amide bonds. The molecule has 34 heavy (non-hydrogen) atoms. The van der Waals surface area contributed by atoms with Crippen molar-refractivity contribution in [3.05, 3.63) is 120 Å². The van der Waals surface area contributed by atoms with Gasteiger partial charge in [-0.1, -0.05) is 0 Å². The molecule has 0 radical (unpaired) electrons. The Labute approximate surface area is 211 Å². The Hall–Kier alpha value is -2.76. The maximum absolute atomic E-state index is 10.2. The van der Waals surface area contributed by atoms with Gasteiger partial charge < -0.3 is 0 Å². The van der Waals surface area contributed by atoms with Crippen molar-refractivity contribution in [1.82, 2.24) is 4.90 Å². The zero-order valence-corrected chi connectivity index (χ0v) is 23.1. The summed E-state index contributed by atoms with van der Waals surface area (Å²) in [4.78, 5) is 2.09. The van der Waals surface area contributed by atoms with E-state index in [1.54, 1.807) is 0 Å². The van der Waals surface area contributed by atoms with E-state index < -0.39 is 18.4 Å². The fourth-order valence-electron chi connectivity index (χ4n) is 4.86. The molecule has 172 valence electrons. The van der Waals surface area contributed by atoms with Crippen LogP contribution in [0.4, 0.5) is 0 Å². The Kier molecular flexibility index (Phi) is 7.96. The Morgan fingerprint density at radius 1 is 0.735 bits per heavy atom. The van der Waals surface area contributed by atoms with Gasteiger partial charge in [-0.15, -0.1) is 0 Å². The molecule has 4 aromatic rings. The Morgan fingerprint density at radius 3 is 1.56 bits per heavy atom. The van der Waals surface area contributed by atoms with Gasteiger partial charge in [-0.3, -0.25) is 0 Å². The third-order valence-corrected chi connectivity index (χ3v) is 20.4. The number of amidine groups is 1. The number of benzene rings is 4. The number of hydrogen-bond acceptors (Lipinski definition) is 2. The molecule has 1 N–H and O–H groups in total. The molecule has 0 aromatic heterocycles. The van der Waals surface area contributed by atoms with Crippen molar-refractivity contribution in [2.75, 3.05) is 13.1 Å². The second-order valence-electron chi connectivity index (χ2n) is 8.13. The average molecular weight is 576 g/mol. The summed E-state index contributed by atoms with van der Waals surface area (Å²) in [5, 5.41) is 14.7. The van der Waals surface area contributed by atoms with Crippen LogP contribution >= 0.6 is 11.6 Å². The maximum atomic E-state index is 10.2. The van der Waals surface area contributed by atoms with Gasteiger partial charge >= 0.3 is 212 Å². The molecule has 0 aliphatic rings. The van der Waals surface area contributed by atoms with Crippen LogP contribution < -0.4 is 14.3 Å². The van der Waals surface area contributed by atoms with Crippen molar-refractivity contribution < 1.29 is 5.21 Å². The average Bonchev–Trinajstić information content (AvgIpc) is 2.90. The summed E-state index contributed by atoms with van der Waals surface area (Å²) in [7, 11) is 0. The van der Waals surface area contributed by atoms with E-state index in [1.165, 1.54) is 14.3 Å². The second-order valence-corrected chi connectivity index (χ2v) is 19.3. The van der Waals surface area contributed by atoms with Crippen LogP contribution in [-0.4, -0.2) is 47.4 Å². The van der Waals surface area contributed by atoms with Crippen LogP contribution in [-0.2, 0) is 0 Å². The van der Waals surface area contributed by atoms with Gasteiger partial charge in [-0.2, -0.15) is 0 Å². The van der Waals surface area contributed by atoms with Crippen LogP contribution in [0.2, 0.25) is 5.02 Å². The van der Waals surface area contributed by atoms with E-state index in [4.69, 9.17) is 11.6 Å². The van der Waals surface area contributed by atoms with E-state index in [2.05, 4.69) is 121 Å². The number of hydrogen-bond donors (Lipinski definition) is 1. The minimum atomic E-state index is -3.93. The first-order chi connectivity index (χ1) is 16.7. The zero-order valence-electron chi connectivity index (χ0n) is 19.5. The van der Waals surface area contributed by atoms with Crippen molar-refractivity contribution in [3.63, 3.8) is 0 Å². The molecule has 0 saturated heterocycles. The Balaban J connectivity index is 2.19. The van der Waals surface area contributed by atoms with Crippen LogP contribution in [0, 0.1) is 0 Å². The molecule has 0 fully saturated rings. The summed E-state index contributed by atoms with van der Waals surface area (Å²) in [5.41, 5.74) is 0.933. The van der Waals surface area contributed by atoms with Gasteiger partial charge in [-0.05, 0) is 0 Å². The molecular formula is C29H29ClN2OSn. The molecule has 0 spiro atoms. The minimum absolute atomic E-state index is 0.584. The SMILES string of the molecule is CCN(CC)C(=NO)c1ccc(Cl)c[c]1[Sn]([c]1ccccc1)([c]1ccccc1)[c]1ccccc1. The Morgan fingerprint density at radius 2 is 1.18 bits per heavy atom. The third kappa shape index (κ3) is 4.47. The molecule has 0 heterocycles. The van der Waals surface area contributed by atoms with E-state index >= 15 is 0 Å². The molecule has 0 saturated carbocycles. The molecule has 5 heteroatoms. The molecule has 4 rings (SSSR count). The van der Waals surface area contributed by atoms with Gasteiger partial charge in [0.1, 0.15) is 0 Å². The molecular weight excluding hydrogens is 546 g/mol. The summed E-state index contributed by atoms with van der Waals surface area (Å²) >= 11 is 2.77. The predicted octanol–water partition coefficient (Wildman–Crippen LogP) is 4.20. The summed E-state index contributed by atoms with van der Waals surface area (Å²) in [5.74, 6) is 0.584. The van der Waals surface area contributed by atoms with E-state index in [0.29, 0.717) is 10.9 Å².